The van der Waals surface area contributed by atoms with E-state index in [1.807, 2.05) is 11.0 Å². The van der Waals surface area contributed by atoms with Crippen molar-refractivity contribution in [3.63, 3.8) is 0 Å². The zero-order valence-corrected chi connectivity index (χ0v) is 18.1. The number of nitrogens with zero attached hydrogens (tertiary/aromatic N) is 2. The van der Waals surface area contributed by atoms with Gasteiger partial charge in [-0.1, -0.05) is 26.0 Å². The van der Waals surface area contributed by atoms with Crippen LogP contribution >= 0.6 is 0 Å². The fourth-order valence-electron chi connectivity index (χ4n) is 5.78. The second-order valence-corrected chi connectivity index (χ2v) is 9.38. The number of carbonyl (C=O) groups excluding carboxylic acids is 1. The van der Waals surface area contributed by atoms with Gasteiger partial charge < -0.3 is 20.5 Å². The Hall–Kier alpha value is -3.46. The van der Waals surface area contributed by atoms with Crippen LogP contribution in [0.5, 0.6) is 11.5 Å². The highest BCUT2D eigenvalue weighted by atomic mass is 16.5. The van der Waals surface area contributed by atoms with Gasteiger partial charge in [-0.3, -0.25) is 4.79 Å². The molecule has 1 spiro atoms. The molecule has 0 unspecified atom stereocenters. The summed E-state index contributed by atoms with van der Waals surface area (Å²) in [5.74, 6) is 0.275. The van der Waals surface area contributed by atoms with Gasteiger partial charge in [0.2, 0.25) is 11.8 Å². The number of nitriles is 1. The molecular weight excluding hydrogens is 390 g/mol. The largest absolute Gasteiger partial charge is 0.508 e. The summed E-state index contributed by atoms with van der Waals surface area (Å²) >= 11 is 0. The topological polar surface area (TPSA) is 99.6 Å². The fourth-order valence-corrected chi connectivity index (χ4v) is 5.78. The summed E-state index contributed by atoms with van der Waals surface area (Å²) in [5.41, 5.74) is 8.93. The molecule has 158 valence electrons. The number of anilines is 1. The van der Waals surface area contributed by atoms with Crippen molar-refractivity contribution in [2.75, 3.05) is 4.90 Å². The van der Waals surface area contributed by atoms with E-state index in [0.717, 1.165) is 35.2 Å². The van der Waals surface area contributed by atoms with Crippen LogP contribution in [-0.2, 0) is 16.6 Å². The lowest BCUT2D eigenvalue weighted by Crippen LogP contribution is -2.54. The van der Waals surface area contributed by atoms with Gasteiger partial charge in [-0.2, -0.15) is 5.26 Å². The Balaban J connectivity index is 1.98. The van der Waals surface area contributed by atoms with E-state index in [1.165, 1.54) is 12.1 Å². The van der Waals surface area contributed by atoms with Crippen LogP contribution in [0.4, 0.5) is 5.69 Å². The standard InChI is InChI=1S/C25H25N3O3/c1-5-14-8-16-13(2)11-24(3,4)28-21(16)18(9-14)25(23(28)30)17-7-6-15(29)10-20(17)31-22(27)19(25)12-26/h6-10,13,29H,5,11,27H2,1-4H3/t13-,25-/m0/s1. The number of fused-ring (bicyclic) bond motifs is 3. The number of aryl methyl sites for hydroxylation is 1. The minimum Gasteiger partial charge on any atom is -0.508 e. The SMILES string of the molecule is CCc1cc2c3c(c1)[C@]1(C(=O)N3C(C)(C)C[C@@H]2C)C(C#N)=C(N)Oc2cc(O)ccc21. The molecule has 0 saturated carbocycles. The van der Waals surface area contributed by atoms with E-state index in [1.54, 1.807) is 6.07 Å². The first-order valence-corrected chi connectivity index (χ1v) is 10.6. The summed E-state index contributed by atoms with van der Waals surface area (Å²) < 4.78 is 5.71. The first kappa shape index (κ1) is 19.5. The number of hydrogen-bond donors (Lipinski definition) is 2. The quantitative estimate of drug-likeness (QED) is 0.734. The van der Waals surface area contributed by atoms with Crippen molar-refractivity contribution in [1.29, 1.82) is 5.26 Å². The van der Waals surface area contributed by atoms with E-state index < -0.39 is 11.0 Å². The monoisotopic (exact) mass is 415 g/mol. The van der Waals surface area contributed by atoms with Gasteiger partial charge in [0, 0.05) is 22.7 Å². The highest BCUT2D eigenvalue weighted by molar-refractivity contribution is 6.16. The zero-order chi connectivity index (χ0) is 22.3. The second kappa shape index (κ2) is 6.04. The van der Waals surface area contributed by atoms with E-state index in [2.05, 4.69) is 39.8 Å². The van der Waals surface area contributed by atoms with E-state index in [4.69, 9.17) is 10.5 Å². The predicted molar refractivity (Wildman–Crippen MR) is 117 cm³/mol. The lowest BCUT2D eigenvalue weighted by atomic mass is 9.68. The molecule has 1 amide bonds. The number of phenols is 1. The van der Waals surface area contributed by atoms with Gasteiger partial charge >= 0.3 is 0 Å². The Morgan fingerprint density at radius 1 is 1.29 bits per heavy atom. The van der Waals surface area contributed by atoms with Crippen molar-refractivity contribution >= 4 is 11.6 Å². The van der Waals surface area contributed by atoms with Crippen LogP contribution in [0.1, 0.15) is 62.3 Å². The third-order valence-corrected chi connectivity index (χ3v) is 7.02. The molecule has 31 heavy (non-hydrogen) atoms. The predicted octanol–water partition coefficient (Wildman–Crippen LogP) is 3.96. The van der Waals surface area contributed by atoms with Crippen LogP contribution in [0.3, 0.4) is 0 Å². The third-order valence-electron chi connectivity index (χ3n) is 7.02. The van der Waals surface area contributed by atoms with Gasteiger partial charge in [0.25, 0.3) is 0 Å². The average Bonchev–Trinajstić information content (AvgIpc) is 2.96. The smallest absolute Gasteiger partial charge is 0.248 e. The van der Waals surface area contributed by atoms with Crippen LogP contribution < -0.4 is 15.4 Å². The first-order valence-electron chi connectivity index (χ1n) is 10.6. The Labute approximate surface area is 181 Å². The fraction of sp³-hybridized carbons (Fsp3) is 0.360. The number of carbonyl (C=O) groups is 1. The molecule has 5 rings (SSSR count). The van der Waals surface area contributed by atoms with Crippen molar-refractivity contribution in [3.05, 3.63) is 64.0 Å². The van der Waals surface area contributed by atoms with Crippen LogP contribution in [0, 0.1) is 11.3 Å². The highest BCUT2D eigenvalue weighted by Gasteiger charge is 2.63. The lowest BCUT2D eigenvalue weighted by Gasteiger charge is -2.44. The molecule has 6 heteroatoms. The number of hydrogen-bond acceptors (Lipinski definition) is 5. The van der Waals surface area contributed by atoms with Gasteiger partial charge in [-0.25, -0.2) is 0 Å². The molecule has 0 aromatic heterocycles. The highest BCUT2D eigenvalue weighted by Crippen LogP contribution is 2.61. The molecule has 2 atom stereocenters. The van der Waals surface area contributed by atoms with Crippen LogP contribution in [0.2, 0.25) is 0 Å². The molecule has 6 nitrogen and oxygen atoms in total. The van der Waals surface area contributed by atoms with E-state index in [0.29, 0.717) is 11.3 Å². The molecule has 2 aromatic rings. The van der Waals surface area contributed by atoms with E-state index in [9.17, 15) is 15.2 Å². The van der Waals surface area contributed by atoms with Crippen molar-refractivity contribution < 1.29 is 14.6 Å². The number of benzene rings is 2. The van der Waals surface area contributed by atoms with Gasteiger partial charge in [0.1, 0.15) is 28.6 Å². The van der Waals surface area contributed by atoms with E-state index >= 15 is 0 Å². The minimum atomic E-state index is -1.39. The van der Waals surface area contributed by atoms with Gasteiger partial charge in [0.15, 0.2) is 0 Å². The molecule has 0 radical (unpaired) electrons. The van der Waals surface area contributed by atoms with Crippen molar-refractivity contribution in [2.24, 2.45) is 5.73 Å². The molecule has 3 aliphatic rings. The first-order chi connectivity index (χ1) is 14.7. The average molecular weight is 415 g/mol. The Bertz CT molecular complexity index is 1240. The maximum Gasteiger partial charge on any atom is 0.248 e. The van der Waals surface area contributed by atoms with Crippen molar-refractivity contribution in [3.8, 4) is 17.6 Å². The molecule has 0 bridgehead atoms. The normalized spacial score (nSPS) is 25.2. The molecule has 3 heterocycles. The van der Waals surface area contributed by atoms with Gasteiger partial charge in [-0.05, 0) is 55.9 Å². The molecule has 3 N–H and O–H groups in total. The molecule has 0 saturated heterocycles. The Kier molecular flexibility index (Phi) is 3.80. The number of amides is 1. The molecule has 0 fully saturated rings. The summed E-state index contributed by atoms with van der Waals surface area (Å²) in [5, 5.41) is 20.2. The number of phenolic OH excluding ortho intramolecular Hbond substituents is 1. The van der Waals surface area contributed by atoms with Gasteiger partial charge in [0.05, 0.1) is 5.69 Å². The molecular formula is C25H25N3O3. The van der Waals surface area contributed by atoms with Crippen molar-refractivity contribution in [1.82, 2.24) is 0 Å². The van der Waals surface area contributed by atoms with E-state index in [-0.39, 0.29) is 29.0 Å². The molecule has 0 aliphatic carbocycles. The summed E-state index contributed by atoms with van der Waals surface area (Å²) in [6.07, 6.45) is 1.62. The summed E-state index contributed by atoms with van der Waals surface area (Å²) in [6, 6.07) is 11.1. The van der Waals surface area contributed by atoms with Crippen LogP contribution in [0.15, 0.2) is 41.8 Å². The van der Waals surface area contributed by atoms with Crippen LogP contribution in [0.25, 0.3) is 0 Å². The van der Waals surface area contributed by atoms with Crippen molar-refractivity contribution in [2.45, 2.75) is 57.4 Å². The number of rotatable bonds is 1. The number of ether oxygens (including phenoxy) is 1. The summed E-state index contributed by atoms with van der Waals surface area (Å²) in [6.45, 7) is 8.40. The molecule has 2 aromatic carbocycles. The zero-order valence-electron chi connectivity index (χ0n) is 18.1. The number of aromatic hydroxyl groups is 1. The maximum absolute atomic E-state index is 14.4. The summed E-state index contributed by atoms with van der Waals surface area (Å²) in [7, 11) is 0. The Morgan fingerprint density at radius 3 is 2.71 bits per heavy atom. The maximum atomic E-state index is 14.4. The van der Waals surface area contributed by atoms with Crippen LogP contribution in [-0.4, -0.2) is 16.6 Å². The lowest BCUT2D eigenvalue weighted by molar-refractivity contribution is -0.122. The van der Waals surface area contributed by atoms with Gasteiger partial charge in [-0.15, -0.1) is 0 Å². The summed E-state index contributed by atoms with van der Waals surface area (Å²) in [4.78, 5) is 16.3. The number of nitrogens with two attached hydrogens (primary N) is 1. The third kappa shape index (κ3) is 2.24. The second-order valence-electron chi connectivity index (χ2n) is 9.38. The Morgan fingerprint density at radius 2 is 2.03 bits per heavy atom. The minimum absolute atomic E-state index is 0.00546. The molecule has 3 aliphatic heterocycles.